The van der Waals surface area contributed by atoms with Gasteiger partial charge in [-0.05, 0) is 49.2 Å². The van der Waals surface area contributed by atoms with E-state index in [0.717, 1.165) is 22.5 Å². The zero-order valence-electron chi connectivity index (χ0n) is 14.0. The second kappa shape index (κ2) is 6.83. The zero-order chi connectivity index (χ0) is 17.1. The van der Waals surface area contributed by atoms with Crippen molar-refractivity contribution in [2.75, 3.05) is 11.4 Å². The van der Waals surface area contributed by atoms with Crippen LogP contribution in [0.15, 0.2) is 42.6 Å². The highest BCUT2D eigenvalue weighted by Gasteiger charge is 2.35. The molecule has 1 atom stereocenters. The van der Waals surface area contributed by atoms with Crippen molar-refractivity contribution in [2.45, 2.75) is 26.8 Å². The predicted octanol–water partition coefficient (Wildman–Crippen LogP) is 2.37. The Morgan fingerprint density at radius 1 is 1.25 bits per heavy atom. The first kappa shape index (κ1) is 16.2. The summed E-state index contributed by atoms with van der Waals surface area (Å²) in [6, 6.07) is 11.6. The third-order valence-corrected chi connectivity index (χ3v) is 4.18. The SMILES string of the molecule is Cc1cc(C)cc(N2C[C@@H](C(=O)NCc3ccccn3)CC2=O)c1. The number of nitrogens with zero attached hydrogens (tertiary/aromatic N) is 2. The molecule has 1 aliphatic rings. The molecule has 1 aliphatic heterocycles. The molecule has 2 amide bonds. The van der Waals surface area contributed by atoms with Gasteiger partial charge in [-0.25, -0.2) is 0 Å². The number of carbonyl (C=O) groups is 2. The number of carbonyl (C=O) groups excluding carboxylic acids is 2. The smallest absolute Gasteiger partial charge is 0.227 e. The Hall–Kier alpha value is -2.69. The van der Waals surface area contributed by atoms with E-state index in [-0.39, 0.29) is 24.2 Å². The second-order valence-electron chi connectivity index (χ2n) is 6.29. The largest absolute Gasteiger partial charge is 0.350 e. The molecule has 1 aromatic heterocycles. The van der Waals surface area contributed by atoms with Crippen LogP contribution in [0.4, 0.5) is 5.69 Å². The first-order chi connectivity index (χ1) is 11.5. The fourth-order valence-electron chi connectivity index (χ4n) is 3.06. The summed E-state index contributed by atoms with van der Waals surface area (Å²) in [4.78, 5) is 30.6. The highest BCUT2D eigenvalue weighted by Crippen LogP contribution is 2.27. The molecule has 5 nitrogen and oxygen atoms in total. The Labute approximate surface area is 141 Å². The average molecular weight is 323 g/mol. The molecule has 5 heteroatoms. The van der Waals surface area contributed by atoms with Crippen molar-refractivity contribution < 1.29 is 9.59 Å². The summed E-state index contributed by atoms with van der Waals surface area (Å²) in [5.74, 6) is -0.416. The maximum Gasteiger partial charge on any atom is 0.227 e. The van der Waals surface area contributed by atoms with E-state index in [1.807, 2.05) is 44.2 Å². The number of anilines is 1. The second-order valence-corrected chi connectivity index (χ2v) is 6.29. The van der Waals surface area contributed by atoms with Crippen molar-refractivity contribution in [3.8, 4) is 0 Å². The zero-order valence-corrected chi connectivity index (χ0v) is 14.0. The number of aryl methyl sites for hydroxylation is 2. The van der Waals surface area contributed by atoms with Gasteiger partial charge < -0.3 is 10.2 Å². The summed E-state index contributed by atoms with van der Waals surface area (Å²) in [5, 5.41) is 2.88. The third kappa shape index (κ3) is 3.62. The van der Waals surface area contributed by atoms with Gasteiger partial charge in [0.2, 0.25) is 11.8 Å². The Balaban J connectivity index is 1.64. The molecule has 3 rings (SSSR count). The van der Waals surface area contributed by atoms with Crippen LogP contribution >= 0.6 is 0 Å². The van der Waals surface area contributed by atoms with Gasteiger partial charge in [-0.15, -0.1) is 0 Å². The Morgan fingerprint density at radius 2 is 2.00 bits per heavy atom. The highest BCUT2D eigenvalue weighted by atomic mass is 16.2. The predicted molar refractivity (Wildman–Crippen MR) is 92.5 cm³/mol. The van der Waals surface area contributed by atoms with E-state index in [1.54, 1.807) is 11.1 Å². The Kier molecular flexibility index (Phi) is 4.60. The van der Waals surface area contributed by atoms with Crippen LogP contribution in [0.5, 0.6) is 0 Å². The van der Waals surface area contributed by atoms with Crippen LogP contribution in [-0.4, -0.2) is 23.3 Å². The molecule has 1 fully saturated rings. The summed E-state index contributed by atoms with van der Waals surface area (Å²) < 4.78 is 0. The van der Waals surface area contributed by atoms with Crippen molar-refractivity contribution in [2.24, 2.45) is 5.92 Å². The van der Waals surface area contributed by atoms with Crippen LogP contribution in [0.3, 0.4) is 0 Å². The molecular formula is C19H21N3O2. The first-order valence-corrected chi connectivity index (χ1v) is 8.09. The monoisotopic (exact) mass is 323 g/mol. The van der Waals surface area contributed by atoms with E-state index in [4.69, 9.17) is 0 Å². The Morgan fingerprint density at radius 3 is 2.67 bits per heavy atom. The van der Waals surface area contributed by atoms with Crippen LogP contribution in [-0.2, 0) is 16.1 Å². The van der Waals surface area contributed by atoms with Crippen molar-refractivity contribution in [1.29, 1.82) is 0 Å². The quantitative estimate of drug-likeness (QED) is 0.939. The van der Waals surface area contributed by atoms with Crippen molar-refractivity contribution >= 4 is 17.5 Å². The molecule has 124 valence electrons. The number of hydrogen-bond donors (Lipinski definition) is 1. The van der Waals surface area contributed by atoms with E-state index in [1.165, 1.54) is 0 Å². The number of hydrogen-bond acceptors (Lipinski definition) is 3. The minimum atomic E-state index is -0.318. The van der Waals surface area contributed by atoms with E-state index in [9.17, 15) is 9.59 Å². The van der Waals surface area contributed by atoms with Gasteiger partial charge in [0.1, 0.15) is 0 Å². The van der Waals surface area contributed by atoms with Crippen LogP contribution in [0.1, 0.15) is 23.2 Å². The number of amides is 2. The number of pyridine rings is 1. The lowest BCUT2D eigenvalue weighted by Gasteiger charge is -2.18. The molecule has 2 aromatic rings. The van der Waals surface area contributed by atoms with E-state index >= 15 is 0 Å². The first-order valence-electron chi connectivity index (χ1n) is 8.09. The van der Waals surface area contributed by atoms with Gasteiger partial charge >= 0.3 is 0 Å². The summed E-state index contributed by atoms with van der Waals surface area (Å²) in [6.45, 7) is 4.83. The van der Waals surface area contributed by atoms with Crippen LogP contribution in [0.25, 0.3) is 0 Å². The standard InChI is InChI=1S/C19H21N3O2/c1-13-7-14(2)9-17(8-13)22-12-15(10-18(22)23)19(24)21-11-16-5-3-4-6-20-16/h3-9,15H,10-12H2,1-2H3,(H,21,24)/t15-/m0/s1. The molecule has 2 heterocycles. The molecule has 0 aliphatic carbocycles. The lowest BCUT2D eigenvalue weighted by Crippen LogP contribution is -2.32. The maximum atomic E-state index is 12.4. The van der Waals surface area contributed by atoms with Gasteiger partial charge in [0.15, 0.2) is 0 Å². The molecule has 0 unspecified atom stereocenters. The molecule has 0 radical (unpaired) electrons. The molecule has 24 heavy (non-hydrogen) atoms. The van der Waals surface area contributed by atoms with Gasteiger partial charge in [-0.1, -0.05) is 12.1 Å². The van der Waals surface area contributed by atoms with E-state index in [0.29, 0.717) is 13.1 Å². The van der Waals surface area contributed by atoms with E-state index < -0.39 is 0 Å². The highest BCUT2D eigenvalue weighted by molar-refractivity contribution is 6.00. The lowest BCUT2D eigenvalue weighted by molar-refractivity contribution is -0.126. The van der Waals surface area contributed by atoms with Gasteiger partial charge in [0, 0.05) is 24.8 Å². The van der Waals surface area contributed by atoms with Gasteiger partial charge in [0.25, 0.3) is 0 Å². The van der Waals surface area contributed by atoms with Gasteiger partial charge in [-0.2, -0.15) is 0 Å². The average Bonchev–Trinajstić information content (AvgIpc) is 2.95. The third-order valence-electron chi connectivity index (χ3n) is 4.18. The molecule has 0 bridgehead atoms. The number of benzene rings is 1. The lowest BCUT2D eigenvalue weighted by atomic mass is 10.1. The van der Waals surface area contributed by atoms with Gasteiger partial charge in [-0.3, -0.25) is 14.6 Å². The fourth-order valence-corrected chi connectivity index (χ4v) is 3.06. The summed E-state index contributed by atoms with van der Waals surface area (Å²) in [6.07, 6.45) is 1.95. The minimum Gasteiger partial charge on any atom is -0.350 e. The molecule has 0 spiro atoms. The van der Waals surface area contributed by atoms with Crippen molar-refractivity contribution in [1.82, 2.24) is 10.3 Å². The van der Waals surface area contributed by atoms with Crippen LogP contribution < -0.4 is 10.2 Å². The number of nitrogens with one attached hydrogen (secondary N) is 1. The molecule has 1 aromatic carbocycles. The number of rotatable bonds is 4. The van der Waals surface area contributed by atoms with Crippen molar-refractivity contribution in [3.63, 3.8) is 0 Å². The normalized spacial score (nSPS) is 17.2. The van der Waals surface area contributed by atoms with Gasteiger partial charge in [0.05, 0.1) is 18.2 Å². The summed E-state index contributed by atoms with van der Waals surface area (Å²) in [5.41, 5.74) is 3.90. The van der Waals surface area contributed by atoms with Crippen LogP contribution in [0, 0.1) is 19.8 Å². The molecule has 1 N–H and O–H groups in total. The van der Waals surface area contributed by atoms with Crippen LogP contribution in [0.2, 0.25) is 0 Å². The maximum absolute atomic E-state index is 12.4. The molecule has 1 saturated heterocycles. The van der Waals surface area contributed by atoms with Crippen molar-refractivity contribution in [3.05, 3.63) is 59.4 Å². The minimum absolute atomic E-state index is 0.00186. The molecular weight excluding hydrogens is 302 g/mol. The molecule has 0 saturated carbocycles. The Bertz CT molecular complexity index is 738. The van der Waals surface area contributed by atoms with E-state index in [2.05, 4.69) is 16.4 Å². The topological polar surface area (TPSA) is 62.3 Å². The summed E-state index contributed by atoms with van der Waals surface area (Å²) in [7, 11) is 0. The number of aromatic nitrogens is 1. The fraction of sp³-hybridized carbons (Fsp3) is 0.316. The summed E-state index contributed by atoms with van der Waals surface area (Å²) >= 11 is 0.